The fourth-order valence-corrected chi connectivity index (χ4v) is 4.49. The van der Waals surface area contributed by atoms with Gasteiger partial charge in [-0.1, -0.05) is 54.6 Å². The molecule has 12 heteroatoms. The predicted octanol–water partition coefficient (Wildman–Crippen LogP) is 5.02. The Bertz CT molecular complexity index is 1740. The predicted molar refractivity (Wildman–Crippen MR) is 155 cm³/mol. The summed E-state index contributed by atoms with van der Waals surface area (Å²) in [6, 6.07) is 20.0. The minimum Gasteiger partial charge on any atom is -0.478 e. The molecule has 0 aromatic heterocycles. The van der Waals surface area contributed by atoms with E-state index in [-0.39, 0.29) is 22.5 Å². The third-order valence-corrected chi connectivity index (χ3v) is 6.70. The maximum atomic E-state index is 15.5. The highest BCUT2D eigenvalue weighted by Crippen LogP contribution is 2.31. The average molecular weight is 588 g/mol. The van der Waals surface area contributed by atoms with Crippen molar-refractivity contribution < 1.29 is 43.3 Å². The van der Waals surface area contributed by atoms with Crippen LogP contribution in [0, 0.1) is 5.82 Å². The third-order valence-electron chi connectivity index (χ3n) is 6.70. The van der Waals surface area contributed by atoms with Crippen molar-refractivity contribution in [3.63, 3.8) is 0 Å². The summed E-state index contributed by atoms with van der Waals surface area (Å²) in [6.07, 6.45) is -0.915. The van der Waals surface area contributed by atoms with E-state index in [1.54, 1.807) is 12.1 Å². The van der Waals surface area contributed by atoms with Crippen molar-refractivity contribution in [3.8, 4) is 0 Å². The average Bonchev–Trinajstić information content (AvgIpc) is 3.00. The molecule has 0 bridgehead atoms. The molecule has 0 radical (unpaired) electrons. The minimum absolute atomic E-state index is 0.0896. The Morgan fingerprint density at radius 1 is 0.907 bits per heavy atom. The number of methoxy groups -OCH3 is 1. The standard InChI is InChI=1S/C31H26FN3O8/c1-18(27(36)33-25-12-7-9-19-8-3-4-10-22(19)25)34(31(42)43-2)17-20-14-15-21(16-24(20)32)35(28(37)30(40)41)26-13-6-5-11-23(26)29(38)39/h3-16,18H,17H2,1-2H3,(H,33,36)(H,38,39)(H,40,41)/t18-/m0/s1. The van der Waals surface area contributed by atoms with Crippen LogP contribution in [-0.4, -0.2) is 58.1 Å². The molecule has 11 nitrogen and oxygen atoms in total. The van der Waals surface area contributed by atoms with Crippen LogP contribution in [0.25, 0.3) is 10.8 Å². The lowest BCUT2D eigenvalue weighted by Crippen LogP contribution is -2.45. The van der Waals surface area contributed by atoms with E-state index in [2.05, 4.69) is 5.32 Å². The zero-order valence-electron chi connectivity index (χ0n) is 23.0. The molecule has 0 saturated heterocycles. The number of rotatable bonds is 8. The van der Waals surface area contributed by atoms with Crippen LogP contribution in [-0.2, 0) is 25.7 Å². The van der Waals surface area contributed by atoms with Crippen molar-refractivity contribution in [1.29, 1.82) is 0 Å². The summed E-state index contributed by atoms with van der Waals surface area (Å²) in [5, 5.41) is 23.4. The first-order valence-electron chi connectivity index (χ1n) is 12.8. The van der Waals surface area contributed by atoms with Gasteiger partial charge in [0.15, 0.2) is 0 Å². The first kappa shape index (κ1) is 30.2. The highest BCUT2D eigenvalue weighted by atomic mass is 19.1. The Morgan fingerprint density at radius 2 is 1.58 bits per heavy atom. The number of halogens is 1. The first-order valence-corrected chi connectivity index (χ1v) is 12.8. The summed E-state index contributed by atoms with van der Waals surface area (Å²) in [5.41, 5.74) is -0.518. The zero-order valence-corrected chi connectivity index (χ0v) is 23.0. The van der Waals surface area contributed by atoms with Gasteiger partial charge in [-0.05, 0) is 42.6 Å². The number of benzene rings is 4. The molecule has 0 unspecified atom stereocenters. The Labute approximate surface area is 244 Å². The molecule has 0 aliphatic carbocycles. The first-order chi connectivity index (χ1) is 20.5. The number of carboxylic acids is 2. The molecule has 0 fully saturated rings. The third kappa shape index (κ3) is 6.43. The Kier molecular flexibility index (Phi) is 8.99. The number of aliphatic carboxylic acids is 1. The van der Waals surface area contributed by atoms with Gasteiger partial charge in [-0.3, -0.25) is 19.4 Å². The number of hydrogen-bond donors (Lipinski definition) is 3. The number of anilines is 3. The molecule has 43 heavy (non-hydrogen) atoms. The van der Waals surface area contributed by atoms with Gasteiger partial charge in [-0.25, -0.2) is 18.8 Å². The van der Waals surface area contributed by atoms with Crippen molar-refractivity contribution in [2.24, 2.45) is 0 Å². The lowest BCUT2D eigenvalue weighted by Gasteiger charge is -2.28. The maximum Gasteiger partial charge on any atom is 0.410 e. The summed E-state index contributed by atoms with van der Waals surface area (Å²) in [5.74, 6) is -6.37. The van der Waals surface area contributed by atoms with Gasteiger partial charge in [0.2, 0.25) is 5.91 Å². The van der Waals surface area contributed by atoms with Crippen LogP contribution in [0.4, 0.5) is 26.2 Å². The molecule has 0 saturated carbocycles. The van der Waals surface area contributed by atoms with E-state index in [0.29, 0.717) is 10.6 Å². The van der Waals surface area contributed by atoms with Crippen LogP contribution in [0.2, 0.25) is 0 Å². The summed E-state index contributed by atoms with van der Waals surface area (Å²) >= 11 is 0. The molecule has 4 rings (SSSR count). The monoisotopic (exact) mass is 587 g/mol. The van der Waals surface area contributed by atoms with E-state index < -0.39 is 48.3 Å². The molecule has 0 spiro atoms. The van der Waals surface area contributed by atoms with Crippen LogP contribution < -0.4 is 10.2 Å². The molecule has 1 atom stereocenters. The molecule has 0 aliphatic rings. The number of carboxylic acid groups (broad SMARTS) is 2. The second-order valence-corrected chi connectivity index (χ2v) is 9.33. The number of fused-ring (bicyclic) bond motifs is 1. The smallest absolute Gasteiger partial charge is 0.410 e. The molecule has 4 aromatic carbocycles. The van der Waals surface area contributed by atoms with Crippen molar-refractivity contribution in [2.45, 2.75) is 19.5 Å². The molecular weight excluding hydrogens is 561 g/mol. The van der Waals surface area contributed by atoms with E-state index >= 15 is 4.39 Å². The molecule has 0 heterocycles. The Morgan fingerprint density at radius 3 is 2.26 bits per heavy atom. The highest BCUT2D eigenvalue weighted by molar-refractivity contribution is 6.39. The number of amides is 3. The molecular formula is C31H26FN3O8. The molecule has 3 amide bonds. The van der Waals surface area contributed by atoms with E-state index in [0.717, 1.165) is 28.8 Å². The highest BCUT2D eigenvalue weighted by Gasteiger charge is 2.31. The minimum atomic E-state index is -1.90. The van der Waals surface area contributed by atoms with Crippen LogP contribution in [0.5, 0.6) is 0 Å². The van der Waals surface area contributed by atoms with Gasteiger partial charge in [0, 0.05) is 16.6 Å². The van der Waals surface area contributed by atoms with Crippen LogP contribution in [0.3, 0.4) is 0 Å². The summed E-state index contributed by atoms with van der Waals surface area (Å²) in [7, 11) is 1.11. The lowest BCUT2D eigenvalue weighted by atomic mass is 10.1. The quantitative estimate of drug-likeness (QED) is 0.243. The Balaban J connectivity index is 1.64. The SMILES string of the molecule is COC(=O)N(Cc1ccc(N(C(=O)C(=O)O)c2ccccc2C(=O)O)cc1F)[C@@H](C)C(=O)Nc1cccc2ccccc12. The zero-order chi connectivity index (χ0) is 31.3. The van der Waals surface area contributed by atoms with Gasteiger partial charge < -0.3 is 20.3 Å². The number of carbonyl (C=O) groups excluding carboxylic acids is 3. The number of carbonyl (C=O) groups is 5. The fraction of sp³-hybridized carbons (Fsp3) is 0.129. The van der Waals surface area contributed by atoms with E-state index in [1.807, 2.05) is 30.3 Å². The summed E-state index contributed by atoms with van der Waals surface area (Å²) in [6.45, 7) is 1.02. The van der Waals surface area contributed by atoms with Crippen LogP contribution >= 0.6 is 0 Å². The number of nitrogens with zero attached hydrogens (tertiary/aromatic N) is 2. The number of nitrogens with one attached hydrogen (secondary N) is 1. The van der Waals surface area contributed by atoms with Gasteiger partial charge in [0.1, 0.15) is 11.9 Å². The van der Waals surface area contributed by atoms with Crippen LogP contribution in [0.1, 0.15) is 22.8 Å². The molecule has 3 N–H and O–H groups in total. The van der Waals surface area contributed by atoms with Gasteiger partial charge in [-0.15, -0.1) is 0 Å². The summed E-state index contributed by atoms with van der Waals surface area (Å²) < 4.78 is 20.3. The Hall–Kier alpha value is -5.78. The maximum absolute atomic E-state index is 15.5. The largest absolute Gasteiger partial charge is 0.478 e. The van der Waals surface area contributed by atoms with Crippen molar-refractivity contribution >= 4 is 57.7 Å². The van der Waals surface area contributed by atoms with E-state index in [9.17, 15) is 34.2 Å². The number of hydrogen-bond acceptors (Lipinski definition) is 6. The normalized spacial score (nSPS) is 11.3. The number of ether oxygens (including phenoxy) is 1. The fourth-order valence-electron chi connectivity index (χ4n) is 4.49. The second-order valence-electron chi connectivity index (χ2n) is 9.33. The van der Waals surface area contributed by atoms with Gasteiger partial charge in [-0.2, -0.15) is 0 Å². The second kappa shape index (κ2) is 12.8. The van der Waals surface area contributed by atoms with Crippen LogP contribution in [0.15, 0.2) is 84.9 Å². The number of para-hydroxylation sites is 1. The van der Waals surface area contributed by atoms with Crippen molar-refractivity contribution in [3.05, 3.63) is 102 Å². The van der Waals surface area contributed by atoms with Crippen molar-refractivity contribution in [2.75, 3.05) is 17.3 Å². The van der Waals surface area contributed by atoms with Gasteiger partial charge in [0.05, 0.1) is 30.6 Å². The van der Waals surface area contributed by atoms with E-state index in [4.69, 9.17) is 4.74 Å². The molecule has 4 aromatic rings. The number of aromatic carboxylic acids is 1. The lowest BCUT2D eigenvalue weighted by molar-refractivity contribution is -0.148. The van der Waals surface area contributed by atoms with Gasteiger partial charge >= 0.3 is 23.9 Å². The topological polar surface area (TPSA) is 154 Å². The summed E-state index contributed by atoms with van der Waals surface area (Å²) in [4.78, 5) is 63.4. The molecule has 0 aliphatic heterocycles. The van der Waals surface area contributed by atoms with Gasteiger partial charge in [0.25, 0.3) is 0 Å². The van der Waals surface area contributed by atoms with E-state index in [1.165, 1.54) is 43.3 Å². The van der Waals surface area contributed by atoms with Crippen molar-refractivity contribution in [1.82, 2.24) is 4.90 Å². The molecule has 220 valence electrons.